The predicted octanol–water partition coefficient (Wildman–Crippen LogP) is 1.52. The van der Waals surface area contributed by atoms with Gasteiger partial charge in [0.05, 0.1) is 0 Å². The van der Waals surface area contributed by atoms with Crippen molar-refractivity contribution in [1.29, 1.82) is 0 Å². The Morgan fingerprint density at radius 2 is 1.89 bits per heavy atom. The SMILES string of the molecule is O=C(NC1CC1)c1ccc(NS(=O)(=O)CCl)cc1. The second-order valence-electron chi connectivity index (χ2n) is 4.15. The van der Waals surface area contributed by atoms with Crippen molar-refractivity contribution < 1.29 is 13.2 Å². The van der Waals surface area contributed by atoms with Crippen LogP contribution in [0, 0.1) is 0 Å². The first-order valence-electron chi connectivity index (χ1n) is 5.47. The third-order valence-corrected chi connectivity index (χ3v) is 4.17. The van der Waals surface area contributed by atoms with Crippen molar-refractivity contribution in [3.05, 3.63) is 29.8 Å². The largest absolute Gasteiger partial charge is 0.349 e. The molecular formula is C11H13ClN2O3S. The van der Waals surface area contributed by atoms with Gasteiger partial charge in [0.15, 0.2) is 0 Å². The van der Waals surface area contributed by atoms with Crippen molar-refractivity contribution in [2.24, 2.45) is 0 Å². The van der Waals surface area contributed by atoms with E-state index in [1.165, 1.54) is 12.1 Å². The van der Waals surface area contributed by atoms with E-state index >= 15 is 0 Å². The first-order chi connectivity index (χ1) is 8.50. The fourth-order valence-electron chi connectivity index (χ4n) is 1.39. The van der Waals surface area contributed by atoms with Crippen LogP contribution in [0.4, 0.5) is 5.69 Å². The Hall–Kier alpha value is -1.27. The highest BCUT2D eigenvalue weighted by Crippen LogP contribution is 2.19. The number of rotatable bonds is 5. The summed E-state index contributed by atoms with van der Waals surface area (Å²) in [5.41, 5.74) is 0.898. The van der Waals surface area contributed by atoms with Gasteiger partial charge in [-0.2, -0.15) is 0 Å². The Morgan fingerprint density at radius 1 is 1.28 bits per heavy atom. The Morgan fingerprint density at radius 3 is 2.39 bits per heavy atom. The predicted molar refractivity (Wildman–Crippen MR) is 70.2 cm³/mol. The van der Waals surface area contributed by atoms with E-state index in [1.807, 2.05) is 0 Å². The van der Waals surface area contributed by atoms with Gasteiger partial charge >= 0.3 is 0 Å². The molecule has 0 atom stereocenters. The normalized spacial score (nSPS) is 15.2. The van der Waals surface area contributed by atoms with E-state index in [-0.39, 0.29) is 5.91 Å². The number of sulfonamides is 1. The molecule has 98 valence electrons. The van der Waals surface area contributed by atoms with Crippen molar-refractivity contribution in [3.8, 4) is 0 Å². The van der Waals surface area contributed by atoms with Crippen molar-refractivity contribution in [3.63, 3.8) is 0 Å². The summed E-state index contributed by atoms with van der Waals surface area (Å²) in [5, 5.41) is 2.35. The van der Waals surface area contributed by atoms with E-state index < -0.39 is 15.2 Å². The summed E-state index contributed by atoms with van der Waals surface area (Å²) >= 11 is 5.27. The molecular weight excluding hydrogens is 276 g/mol. The first kappa shape index (κ1) is 13.2. The number of carbonyl (C=O) groups is 1. The van der Waals surface area contributed by atoms with Crippen LogP contribution in [0.25, 0.3) is 0 Å². The zero-order valence-electron chi connectivity index (χ0n) is 9.52. The van der Waals surface area contributed by atoms with Gasteiger partial charge in [0.1, 0.15) is 5.21 Å². The average Bonchev–Trinajstić information content (AvgIpc) is 3.13. The lowest BCUT2D eigenvalue weighted by Crippen LogP contribution is -2.25. The number of halogens is 1. The van der Waals surface area contributed by atoms with E-state index in [2.05, 4.69) is 10.0 Å². The number of carbonyl (C=O) groups excluding carboxylic acids is 1. The number of anilines is 1. The van der Waals surface area contributed by atoms with Crippen LogP contribution in [0.1, 0.15) is 23.2 Å². The standard InChI is InChI=1S/C11H13ClN2O3S/c12-7-18(16,17)14-10-3-1-8(2-4-10)11(15)13-9-5-6-9/h1-4,9,14H,5-7H2,(H,13,15). The monoisotopic (exact) mass is 288 g/mol. The molecule has 1 aromatic carbocycles. The van der Waals surface area contributed by atoms with Gasteiger partial charge < -0.3 is 5.32 Å². The maximum Gasteiger partial charge on any atom is 0.251 e. The first-order valence-corrected chi connectivity index (χ1v) is 7.66. The van der Waals surface area contributed by atoms with Crippen molar-refractivity contribution in [2.45, 2.75) is 18.9 Å². The molecule has 7 heteroatoms. The molecule has 5 nitrogen and oxygen atoms in total. The van der Waals surface area contributed by atoms with Crippen molar-refractivity contribution in [2.75, 3.05) is 9.93 Å². The topological polar surface area (TPSA) is 75.3 Å². The molecule has 0 saturated heterocycles. The number of hydrogen-bond acceptors (Lipinski definition) is 3. The molecule has 0 radical (unpaired) electrons. The van der Waals surface area contributed by atoms with E-state index in [0.29, 0.717) is 17.3 Å². The summed E-state index contributed by atoms with van der Waals surface area (Å²) in [4.78, 5) is 11.7. The minimum atomic E-state index is -3.50. The third kappa shape index (κ3) is 3.61. The molecule has 0 aliphatic heterocycles. The summed E-state index contributed by atoms with van der Waals surface area (Å²) in [6, 6.07) is 6.51. The minimum Gasteiger partial charge on any atom is -0.349 e. The van der Waals surface area contributed by atoms with Crippen LogP contribution in [-0.2, 0) is 10.0 Å². The second-order valence-corrected chi connectivity index (χ2v) is 6.46. The van der Waals surface area contributed by atoms with Crippen molar-refractivity contribution in [1.82, 2.24) is 5.32 Å². The molecule has 18 heavy (non-hydrogen) atoms. The molecule has 2 rings (SSSR count). The van der Waals surface area contributed by atoms with Gasteiger partial charge in [-0.15, -0.1) is 11.6 Å². The average molecular weight is 289 g/mol. The molecule has 1 aliphatic carbocycles. The highest BCUT2D eigenvalue weighted by molar-refractivity contribution is 7.93. The van der Waals surface area contributed by atoms with Gasteiger partial charge in [-0.3, -0.25) is 9.52 Å². The number of amides is 1. The Labute approximate surface area is 111 Å². The molecule has 2 N–H and O–H groups in total. The van der Waals surface area contributed by atoms with Gasteiger partial charge in [-0.1, -0.05) is 0 Å². The van der Waals surface area contributed by atoms with Gasteiger partial charge in [0.25, 0.3) is 5.91 Å². The van der Waals surface area contributed by atoms with E-state index in [4.69, 9.17) is 11.6 Å². The number of nitrogens with one attached hydrogen (secondary N) is 2. The molecule has 1 saturated carbocycles. The summed E-state index contributed by atoms with van der Waals surface area (Å²) < 4.78 is 24.7. The van der Waals surface area contributed by atoms with Gasteiger partial charge in [0.2, 0.25) is 10.0 Å². The van der Waals surface area contributed by atoms with Crippen LogP contribution in [-0.4, -0.2) is 25.6 Å². The van der Waals surface area contributed by atoms with Crippen molar-refractivity contribution >= 4 is 33.2 Å². The third-order valence-electron chi connectivity index (χ3n) is 2.48. The Bertz CT molecular complexity index is 538. The lowest BCUT2D eigenvalue weighted by Gasteiger charge is -2.07. The van der Waals surface area contributed by atoms with Crippen LogP contribution in [0.15, 0.2) is 24.3 Å². The van der Waals surface area contributed by atoms with E-state index in [9.17, 15) is 13.2 Å². The zero-order chi connectivity index (χ0) is 13.2. The summed E-state index contributed by atoms with van der Waals surface area (Å²) in [6.07, 6.45) is 2.05. The Balaban J connectivity index is 2.02. The highest BCUT2D eigenvalue weighted by Gasteiger charge is 2.23. The highest BCUT2D eigenvalue weighted by atomic mass is 35.5. The molecule has 1 aromatic rings. The fraction of sp³-hybridized carbons (Fsp3) is 0.364. The summed E-state index contributed by atoms with van der Waals surface area (Å²) in [5.74, 6) is -0.135. The lowest BCUT2D eigenvalue weighted by atomic mass is 10.2. The number of benzene rings is 1. The van der Waals surface area contributed by atoms with Crippen LogP contribution in [0.3, 0.4) is 0 Å². The molecule has 1 fully saturated rings. The van der Waals surface area contributed by atoms with E-state index in [0.717, 1.165) is 12.8 Å². The molecule has 0 spiro atoms. The number of alkyl halides is 1. The fourth-order valence-corrected chi connectivity index (χ4v) is 2.11. The van der Waals surface area contributed by atoms with E-state index in [1.54, 1.807) is 12.1 Å². The van der Waals surface area contributed by atoms with Crippen LogP contribution in [0.5, 0.6) is 0 Å². The molecule has 1 aliphatic rings. The molecule has 1 amide bonds. The molecule has 0 heterocycles. The van der Waals surface area contributed by atoms with Gasteiger partial charge in [0, 0.05) is 17.3 Å². The summed E-state index contributed by atoms with van der Waals surface area (Å²) in [6.45, 7) is 0. The number of hydrogen-bond donors (Lipinski definition) is 2. The van der Waals surface area contributed by atoms with Gasteiger partial charge in [-0.25, -0.2) is 8.42 Å². The quantitative estimate of drug-likeness (QED) is 0.807. The van der Waals surface area contributed by atoms with Crippen LogP contribution >= 0.6 is 11.6 Å². The maximum absolute atomic E-state index is 11.7. The van der Waals surface area contributed by atoms with Gasteiger partial charge in [-0.05, 0) is 37.1 Å². The maximum atomic E-state index is 11.7. The minimum absolute atomic E-state index is 0.135. The molecule has 0 unspecified atom stereocenters. The van der Waals surface area contributed by atoms with Crippen LogP contribution < -0.4 is 10.0 Å². The summed E-state index contributed by atoms with van der Waals surface area (Å²) in [7, 11) is -3.50. The second kappa shape index (κ2) is 5.16. The molecule has 0 bridgehead atoms. The lowest BCUT2D eigenvalue weighted by molar-refractivity contribution is 0.0951. The molecule has 0 aromatic heterocycles. The van der Waals surface area contributed by atoms with Crippen LogP contribution in [0.2, 0.25) is 0 Å². The zero-order valence-corrected chi connectivity index (χ0v) is 11.1. The Kier molecular flexibility index (Phi) is 3.77. The smallest absolute Gasteiger partial charge is 0.251 e.